The number of nitrogens with one attached hydrogen (secondary N) is 2. The van der Waals surface area contributed by atoms with E-state index in [1.165, 1.54) is 4.88 Å². The van der Waals surface area contributed by atoms with Crippen LogP contribution in [0.1, 0.15) is 15.4 Å². The van der Waals surface area contributed by atoms with Crippen molar-refractivity contribution in [1.29, 1.82) is 0 Å². The van der Waals surface area contributed by atoms with Gasteiger partial charge in [-0.2, -0.15) is 0 Å². The SMILES string of the molecule is CN=C(NCc1ccc(OC)c(Br)c1)NCc1ncc(C)s1. The Bertz CT molecular complexity index is 657. The van der Waals surface area contributed by atoms with Crippen LogP contribution in [-0.2, 0) is 13.1 Å². The van der Waals surface area contributed by atoms with Crippen LogP contribution in [0.5, 0.6) is 5.75 Å². The quantitative estimate of drug-likeness (QED) is 0.616. The number of guanidine groups is 1. The molecular weight excluding hydrogens is 364 g/mol. The number of aromatic nitrogens is 1. The Labute approximate surface area is 143 Å². The fourth-order valence-corrected chi connectivity index (χ4v) is 3.18. The first-order chi connectivity index (χ1) is 10.6. The number of ether oxygens (including phenoxy) is 1. The van der Waals surface area contributed by atoms with Gasteiger partial charge in [0.1, 0.15) is 10.8 Å². The van der Waals surface area contributed by atoms with Crippen molar-refractivity contribution in [2.75, 3.05) is 14.2 Å². The number of halogens is 1. The minimum absolute atomic E-state index is 0.671. The molecule has 0 fully saturated rings. The Morgan fingerprint density at radius 2 is 2.14 bits per heavy atom. The molecule has 0 aliphatic heterocycles. The monoisotopic (exact) mass is 382 g/mol. The summed E-state index contributed by atoms with van der Waals surface area (Å²) >= 11 is 5.17. The van der Waals surface area contributed by atoms with Crippen molar-refractivity contribution >= 4 is 33.2 Å². The summed E-state index contributed by atoms with van der Waals surface area (Å²) in [7, 11) is 3.41. The van der Waals surface area contributed by atoms with Crippen LogP contribution in [0.25, 0.3) is 0 Å². The Kier molecular flexibility index (Phi) is 6.21. The van der Waals surface area contributed by atoms with Crippen molar-refractivity contribution in [1.82, 2.24) is 15.6 Å². The third-order valence-electron chi connectivity index (χ3n) is 2.98. The van der Waals surface area contributed by atoms with Gasteiger partial charge in [-0.15, -0.1) is 11.3 Å². The highest BCUT2D eigenvalue weighted by atomic mass is 79.9. The third kappa shape index (κ3) is 4.71. The van der Waals surface area contributed by atoms with E-state index in [2.05, 4.69) is 43.5 Å². The molecule has 0 aliphatic carbocycles. The van der Waals surface area contributed by atoms with Crippen LogP contribution >= 0.6 is 27.3 Å². The Morgan fingerprint density at radius 1 is 1.36 bits per heavy atom. The van der Waals surface area contributed by atoms with Crippen LogP contribution < -0.4 is 15.4 Å². The standard InChI is InChI=1S/C15H19BrN4OS/c1-10-7-18-14(22-10)9-20-15(17-2)19-8-11-4-5-13(21-3)12(16)6-11/h4-7H,8-9H2,1-3H3,(H2,17,19,20). The normalized spacial score (nSPS) is 11.4. The van der Waals surface area contributed by atoms with Crippen LogP contribution in [-0.4, -0.2) is 25.1 Å². The van der Waals surface area contributed by atoms with E-state index in [4.69, 9.17) is 4.74 Å². The van der Waals surface area contributed by atoms with Gasteiger partial charge in [0.05, 0.1) is 18.1 Å². The molecule has 1 aromatic heterocycles. The molecule has 0 saturated carbocycles. The zero-order valence-electron chi connectivity index (χ0n) is 12.8. The highest BCUT2D eigenvalue weighted by Crippen LogP contribution is 2.25. The van der Waals surface area contributed by atoms with Crippen molar-refractivity contribution < 1.29 is 4.74 Å². The first-order valence-corrected chi connectivity index (χ1v) is 8.41. The molecule has 1 heterocycles. The lowest BCUT2D eigenvalue weighted by Gasteiger charge is -2.12. The first kappa shape index (κ1) is 16.8. The van der Waals surface area contributed by atoms with Crippen LogP contribution in [0.3, 0.4) is 0 Å². The van der Waals surface area contributed by atoms with Crippen molar-refractivity contribution in [3.8, 4) is 5.75 Å². The molecule has 2 aromatic rings. The summed E-state index contributed by atoms with van der Waals surface area (Å²) < 4.78 is 6.17. The largest absolute Gasteiger partial charge is 0.496 e. The number of hydrogen-bond acceptors (Lipinski definition) is 4. The first-order valence-electron chi connectivity index (χ1n) is 6.80. The topological polar surface area (TPSA) is 58.5 Å². The Balaban J connectivity index is 1.87. The molecule has 0 radical (unpaired) electrons. The number of rotatable bonds is 5. The third-order valence-corrected chi connectivity index (χ3v) is 4.51. The van der Waals surface area contributed by atoms with Gasteiger partial charge in [-0.3, -0.25) is 4.99 Å². The lowest BCUT2D eigenvalue weighted by atomic mass is 10.2. The highest BCUT2D eigenvalue weighted by Gasteiger charge is 2.04. The average Bonchev–Trinajstić information content (AvgIpc) is 2.93. The van der Waals surface area contributed by atoms with Crippen molar-refractivity contribution in [2.45, 2.75) is 20.0 Å². The lowest BCUT2D eigenvalue weighted by Crippen LogP contribution is -2.36. The van der Waals surface area contributed by atoms with Gasteiger partial charge in [0, 0.05) is 24.7 Å². The smallest absolute Gasteiger partial charge is 0.191 e. The van der Waals surface area contributed by atoms with Gasteiger partial charge >= 0.3 is 0 Å². The number of aryl methyl sites for hydroxylation is 1. The van der Waals surface area contributed by atoms with Crippen molar-refractivity contribution in [3.63, 3.8) is 0 Å². The van der Waals surface area contributed by atoms with Crippen LogP contribution in [0.4, 0.5) is 0 Å². The number of methoxy groups -OCH3 is 1. The maximum Gasteiger partial charge on any atom is 0.191 e. The summed E-state index contributed by atoms with van der Waals surface area (Å²) in [5.74, 6) is 1.57. The summed E-state index contributed by atoms with van der Waals surface area (Å²) in [5, 5.41) is 7.59. The van der Waals surface area contributed by atoms with Gasteiger partial charge in [-0.1, -0.05) is 6.07 Å². The number of nitrogens with zero attached hydrogens (tertiary/aromatic N) is 2. The van der Waals surface area contributed by atoms with Gasteiger partial charge in [0.25, 0.3) is 0 Å². The van der Waals surface area contributed by atoms with Crippen molar-refractivity contribution in [3.05, 3.63) is 44.3 Å². The highest BCUT2D eigenvalue weighted by molar-refractivity contribution is 9.10. The number of thiazole rings is 1. The molecule has 2 rings (SSSR count). The maximum absolute atomic E-state index is 5.23. The Morgan fingerprint density at radius 3 is 2.73 bits per heavy atom. The minimum atomic E-state index is 0.671. The van der Waals surface area contributed by atoms with Crippen LogP contribution in [0.15, 0.2) is 33.9 Å². The summed E-state index contributed by atoms with van der Waals surface area (Å²) in [6.07, 6.45) is 1.88. The number of benzene rings is 1. The zero-order chi connectivity index (χ0) is 15.9. The number of hydrogen-bond donors (Lipinski definition) is 2. The molecule has 5 nitrogen and oxygen atoms in total. The zero-order valence-corrected chi connectivity index (χ0v) is 15.2. The lowest BCUT2D eigenvalue weighted by molar-refractivity contribution is 0.412. The molecule has 0 aliphatic rings. The van der Waals surface area contributed by atoms with E-state index in [0.29, 0.717) is 13.1 Å². The van der Waals surface area contributed by atoms with Gasteiger partial charge in [-0.25, -0.2) is 4.98 Å². The fraction of sp³-hybridized carbons (Fsp3) is 0.333. The van der Waals surface area contributed by atoms with E-state index < -0.39 is 0 Å². The molecule has 22 heavy (non-hydrogen) atoms. The van der Waals surface area contributed by atoms with Gasteiger partial charge < -0.3 is 15.4 Å². The summed E-state index contributed by atoms with van der Waals surface area (Å²) in [5.41, 5.74) is 1.14. The molecule has 118 valence electrons. The van der Waals surface area contributed by atoms with E-state index in [1.807, 2.05) is 24.4 Å². The molecule has 0 atom stereocenters. The summed E-state index contributed by atoms with van der Waals surface area (Å²) in [4.78, 5) is 9.75. The summed E-state index contributed by atoms with van der Waals surface area (Å²) in [6.45, 7) is 3.40. The second-order valence-electron chi connectivity index (χ2n) is 4.61. The van der Waals surface area contributed by atoms with Gasteiger partial charge in [-0.05, 0) is 40.5 Å². The molecule has 0 unspecified atom stereocenters. The second-order valence-corrected chi connectivity index (χ2v) is 6.79. The fourth-order valence-electron chi connectivity index (χ4n) is 1.87. The predicted molar refractivity (Wildman–Crippen MR) is 94.6 cm³/mol. The van der Waals surface area contributed by atoms with Crippen LogP contribution in [0, 0.1) is 6.92 Å². The molecular formula is C15H19BrN4OS. The Hall–Kier alpha value is -1.60. The van der Waals surface area contributed by atoms with Gasteiger partial charge in [0.15, 0.2) is 5.96 Å². The molecule has 1 aromatic carbocycles. The minimum Gasteiger partial charge on any atom is -0.496 e. The number of aliphatic imine (C=N–C) groups is 1. The summed E-state index contributed by atoms with van der Waals surface area (Å²) in [6, 6.07) is 5.99. The van der Waals surface area contributed by atoms with Crippen molar-refractivity contribution in [2.24, 2.45) is 4.99 Å². The van der Waals surface area contributed by atoms with E-state index in [1.54, 1.807) is 25.5 Å². The van der Waals surface area contributed by atoms with Gasteiger partial charge in [0.2, 0.25) is 0 Å². The maximum atomic E-state index is 5.23. The second kappa shape index (κ2) is 8.14. The van der Waals surface area contributed by atoms with E-state index >= 15 is 0 Å². The molecule has 0 spiro atoms. The van der Waals surface area contributed by atoms with E-state index in [9.17, 15) is 0 Å². The molecule has 2 N–H and O–H groups in total. The molecule has 0 amide bonds. The average molecular weight is 383 g/mol. The van der Waals surface area contributed by atoms with E-state index in [-0.39, 0.29) is 0 Å². The molecule has 0 saturated heterocycles. The van der Waals surface area contributed by atoms with E-state index in [0.717, 1.165) is 26.8 Å². The molecule has 7 heteroatoms. The van der Waals surface area contributed by atoms with Crippen LogP contribution in [0.2, 0.25) is 0 Å². The molecule has 0 bridgehead atoms. The predicted octanol–water partition coefficient (Wildman–Crippen LogP) is 3.09.